The van der Waals surface area contributed by atoms with E-state index in [1.807, 2.05) is 17.8 Å². The van der Waals surface area contributed by atoms with Gasteiger partial charge in [-0.15, -0.1) is 0 Å². The minimum Gasteiger partial charge on any atom is -0.341 e. The van der Waals surface area contributed by atoms with Gasteiger partial charge in [0.05, 0.1) is 10.7 Å². The van der Waals surface area contributed by atoms with Crippen molar-refractivity contribution in [1.82, 2.24) is 14.1 Å². The summed E-state index contributed by atoms with van der Waals surface area (Å²) in [5.41, 5.74) is 2.49. The van der Waals surface area contributed by atoms with Crippen molar-refractivity contribution in [2.24, 2.45) is 7.05 Å². The van der Waals surface area contributed by atoms with Crippen LogP contribution < -0.4 is 0 Å². The van der Waals surface area contributed by atoms with Crippen LogP contribution in [0.1, 0.15) is 31.2 Å². The van der Waals surface area contributed by atoms with Crippen LogP contribution in [0.4, 0.5) is 0 Å². The molecule has 109 valence electrons. The van der Waals surface area contributed by atoms with Crippen molar-refractivity contribution in [1.29, 1.82) is 0 Å². The molecule has 3 aromatic rings. The Kier molecular flexibility index (Phi) is 4.15. The lowest BCUT2D eigenvalue weighted by Gasteiger charge is -2.08. The van der Waals surface area contributed by atoms with Gasteiger partial charge in [0.2, 0.25) is 0 Å². The molecular formula is C17H19BrN3. The summed E-state index contributed by atoms with van der Waals surface area (Å²) >= 11 is 3.58. The second kappa shape index (κ2) is 6.06. The standard InChI is InChI=1S/C17H19BrN3/c1-3-4-5-17-19-8-9-21(17)11-13-6-7-16-14(10-13)15(18)12-20(16)2/h6-10H,3-5,11H2,1-2H3. The third-order valence-electron chi connectivity index (χ3n) is 3.83. The highest BCUT2D eigenvalue weighted by Crippen LogP contribution is 2.26. The molecule has 0 atom stereocenters. The number of benzene rings is 1. The first kappa shape index (κ1) is 14.4. The summed E-state index contributed by atoms with van der Waals surface area (Å²) in [7, 11) is 2.02. The Balaban J connectivity index is 1.88. The fourth-order valence-corrected chi connectivity index (χ4v) is 3.24. The number of unbranched alkanes of at least 4 members (excludes halogenated alkanes) is 1. The first-order valence-electron chi connectivity index (χ1n) is 7.35. The van der Waals surface area contributed by atoms with E-state index < -0.39 is 0 Å². The average Bonchev–Trinajstić information content (AvgIpc) is 3.02. The molecule has 0 unspecified atom stereocenters. The van der Waals surface area contributed by atoms with Gasteiger partial charge in [-0.1, -0.05) is 19.4 Å². The molecular weight excluding hydrogens is 326 g/mol. The highest BCUT2D eigenvalue weighted by molar-refractivity contribution is 9.10. The summed E-state index contributed by atoms with van der Waals surface area (Å²) in [6.45, 7) is 3.08. The SMILES string of the molecule is CCCCc1nccn1Cc1ccc2c(c1)c(Br)[c]n2C. The number of hydrogen-bond donors (Lipinski definition) is 0. The zero-order valence-corrected chi connectivity index (χ0v) is 14.0. The highest BCUT2D eigenvalue weighted by atomic mass is 79.9. The van der Waals surface area contributed by atoms with Crippen molar-refractivity contribution >= 4 is 26.8 Å². The summed E-state index contributed by atoms with van der Waals surface area (Å²) < 4.78 is 5.29. The van der Waals surface area contributed by atoms with E-state index in [0.29, 0.717) is 0 Å². The number of fused-ring (bicyclic) bond motifs is 1. The van der Waals surface area contributed by atoms with Crippen molar-refractivity contribution < 1.29 is 0 Å². The van der Waals surface area contributed by atoms with Gasteiger partial charge in [-0.3, -0.25) is 0 Å². The minimum atomic E-state index is 0.871. The van der Waals surface area contributed by atoms with Crippen LogP contribution in [0.5, 0.6) is 0 Å². The Morgan fingerprint density at radius 1 is 1.33 bits per heavy atom. The molecule has 0 spiro atoms. The van der Waals surface area contributed by atoms with Crippen molar-refractivity contribution in [3.63, 3.8) is 0 Å². The first-order chi connectivity index (χ1) is 10.2. The molecule has 1 aromatic carbocycles. The molecule has 0 amide bonds. The third kappa shape index (κ3) is 2.91. The van der Waals surface area contributed by atoms with E-state index >= 15 is 0 Å². The smallest absolute Gasteiger partial charge is 0.108 e. The number of nitrogens with zero attached hydrogens (tertiary/aromatic N) is 3. The van der Waals surface area contributed by atoms with Gasteiger partial charge < -0.3 is 9.13 Å². The van der Waals surface area contributed by atoms with Crippen molar-refractivity contribution in [3.05, 3.63) is 52.7 Å². The molecule has 0 saturated heterocycles. The molecule has 3 rings (SSSR count). The van der Waals surface area contributed by atoms with Gasteiger partial charge in [-0.2, -0.15) is 0 Å². The normalized spacial score (nSPS) is 11.4. The van der Waals surface area contributed by atoms with Crippen LogP contribution in [0, 0.1) is 6.20 Å². The second-order valence-corrected chi connectivity index (χ2v) is 6.20. The van der Waals surface area contributed by atoms with Gasteiger partial charge in [0, 0.05) is 43.3 Å². The lowest BCUT2D eigenvalue weighted by Crippen LogP contribution is -2.04. The van der Waals surface area contributed by atoms with E-state index in [0.717, 1.165) is 17.4 Å². The number of imidazole rings is 1. The van der Waals surface area contributed by atoms with Crippen LogP contribution in [0.2, 0.25) is 0 Å². The molecule has 1 radical (unpaired) electrons. The third-order valence-corrected chi connectivity index (χ3v) is 4.44. The summed E-state index contributed by atoms with van der Waals surface area (Å²) in [6, 6.07) is 6.58. The summed E-state index contributed by atoms with van der Waals surface area (Å²) in [4.78, 5) is 4.48. The Labute approximate surface area is 133 Å². The Hall–Kier alpha value is -1.55. The number of aryl methyl sites for hydroxylation is 2. The maximum atomic E-state index is 4.48. The van der Waals surface area contributed by atoms with Gasteiger partial charge in [0.15, 0.2) is 0 Å². The zero-order valence-electron chi connectivity index (χ0n) is 12.4. The van der Waals surface area contributed by atoms with E-state index in [4.69, 9.17) is 0 Å². The number of halogens is 1. The first-order valence-corrected chi connectivity index (χ1v) is 8.14. The lowest BCUT2D eigenvalue weighted by atomic mass is 10.1. The Morgan fingerprint density at radius 3 is 3.00 bits per heavy atom. The molecule has 0 bridgehead atoms. The van der Waals surface area contributed by atoms with Crippen LogP contribution >= 0.6 is 15.9 Å². The summed E-state index contributed by atoms with van der Waals surface area (Å²) in [5, 5.41) is 1.21. The molecule has 21 heavy (non-hydrogen) atoms. The molecule has 0 N–H and O–H groups in total. The second-order valence-electron chi connectivity index (χ2n) is 5.41. The van der Waals surface area contributed by atoms with Crippen LogP contribution in [-0.4, -0.2) is 14.1 Å². The van der Waals surface area contributed by atoms with E-state index in [-0.39, 0.29) is 0 Å². The van der Waals surface area contributed by atoms with E-state index in [9.17, 15) is 0 Å². The fourth-order valence-electron chi connectivity index (χ4n) is 2.66. The summed E-state index contributed by atoms with van der Waals surface area (Å²) in [5.74, 6) is 1.18. The minimum absolute atomic E-state index is 0.871. The molecule has 0 saturated carbocycles. The zero-order chi connectivity index (χ0) is 14.8. The molecule has 0 aliphatic heterocycles. The van der Waals surface area contributed by atoms with Gasteiger partial charge >= 0.3 is 0 Å². The molecule has 0 aliphatic rings. The van der Waals surface area contributed by atoms with Crippen LogP contribution in [0.25, 0.3) is 10.9 Å². The van der Waals surface area contributed by atoms with Crippen LogP contribution in [0.3, 0.4) is 0 Å². The molecule has 0 aliphatic carbocycles. The van der Waals surface area contributed by atoms with Gasteiger partial charge in [-0.25, -0.2) is 4.98 Å². The maximum Gasteiger partial charge on any atom is 0.108 e. The molecule has 3 nitrogen and oxygen atoms in total. The average molecular weight is 345 g/mol. The quantitative estimate of drug-likeness (QED) is 0.675. The van der Waals surface area contributed by atoms with E-state index in [1.54, 1.807) is 0 Å². The number of rotatable bonds is 5. The summed E-state index contributed by atoms with van der Waals surface area (Å²) in [6.07, 6.45) is 10.7. The van der Waals surface area contributed by atoms with Gasteiger partial charge in [0.1, 0.15) is 5.82 Å². The number of aromatic nitrogens is 3. The Bertz CT molecular complexity index is 755. The fraction of sp³-hybridized carbons (Fsp3) is 0.353. The maximum absolute atomic E-state index is 4.48. The monoisotopic (exact) mass is 344 g/mol. The molecule has 4 heteroatoms. The van der Waals surface area contributed by atoms with Crippen molar-refractivity contribution in [2.45, 2.75) is 32.7 Å². The van der Waals surface area contributed by atoms with Crippen LogP contribution in [0.15, 0.2) is 35.1 Å². The van der Waals surface area contributed by atoms with Gasteiger partial charge in [0.25, 0.3) is 0 Å². The van der Waals surface area contributed by atoms with E-state index in [2.05, 4.69) is 63.0 Å². The largest absolute Gasteiger partial charge is 0.341 e. The van der Waals surface area contributed by atoms with Crippen molar-refractivity contribution in [3.8, 4) is 0 Å². The van der Waals surface area contributed by atoms with Gasteiger partial charge in [-0.05, 0) is 40.0 Å². The lowest BCUT2D eigenvalue weighted by molar-refractivity contribution is 0.678. The Morgan fingerprint density at radius 2 is 2.19 bits per heavy atom. The molecule has 0 fully saturated rings. The highest BCUT2D eigenvalue weighted by Gasteiger charge is 2.08. The van der Waals surface area contributed by atoms with E-state index in [1.165, 1.54) is 35.1 Å². The predicted molar refractivity (Wildman–Crippen MR) is 89.4 cm³/mol. The molecule has 2 heterocycles. The van der Waals surface area contributed by atoms with Crippen molar-refractivity contribution in [2.75, 3.05) is 0 Å². The molecule has 2 aromatic heterocycles. The van der Waals surface area contributed by atoms with Crippen LogP contribution in [-0.2, 0) is 20.0 Å². The predicted octanol–water partition coefficient (Wildman–Crippen LogP) is 4.33. The topological polar surface area (TPSA) is 22.8 Å². The number of hydrogen-bond acceptors (Lipinski definition) is 1.